The standard InChI is InChI=1S/C16H19N3O2/c1-11(2)9-19-16(21)14(8-17)10-18-15-6-4-5-13(7-15)12(3)20/h4-7,10-11,18H,9H2,1-3H3,(H,19,21)/b14-10-. The summed E-state index contributed by atoms with van der Waals surface area (Å²) in [4.78, 5) is 23.1. The number of benzene rings is 1. The van der Waals surface area contributed by atoms with Crippen molar-refractivity contribution in [3.05, 3.63) is 41.6 Å². The van der Waals surface area contributed by atoms with Crippen LogP contribution in [0.1, 0.15) is 31.1 Å². The highest BCUT2D eigenvalue weighted by molar-refractivity contribution is 5.97. The maximum absolute atomic E-state index is 11.8. The molecule has 0 saturated carbocycles. The van der Waals surface area contributed by atoms with E-state index in [1.54, 1.807) is 24.3 Å². The third kappa shape index (κ3) is 5.49. The molecular weight excluding hydrogens is 266 g/mol. The maximum Gasteiger partial charge on any atom is 0.263 e. The van der Waals surface area contributed by atoms with Crippen molar-refractivity contribution in [1.29, 1.82) is 5.26 Å². The Morgan fingerprint density at radius 3 is 2.67 bits per heavy atom. The summed E-state index contributed by atoms with van der Waals surface area (Å²) in [5, 5.41) is 14.5. The Kier molecular flexibility index (Phi) is 6.15. The second-order valence-electron chi connectivity index (χ2n) is 5.06. The van der Waals surface area contributed by atoms with Crippen LogP contribution in [-0.2, 0) is 4.79 Å². The van der Waals surface area contributed by atoms with E-state index in [2.05, 4.69) is 10.6 Å². The number of ketones is 1. The maximum atomic E-state index is 11.8. The predicted molar refractivity (Wildman–Crippen MR) is 81.6 cm³/mol. The highest BCUT2D eigenvalue weighted by atomic mass is 16.1. The van der Waals surface area contributed by atoms with Gasteiger partial charge in [-0.25, -0.2) is 0 Å². The lowest BCUT2D eigenvalue weighted by atomic mass is 10.1. The first-order valence-electron chi connectivity index (χ1n) is 6.70. The largest absolute Gasteiger partial charge is 0.360 e. The Morgan fingerprint density at radius 1 is 1.38 bits per heavy atom. The molecule has 0 atom stereocenters. The quantitative estimate of drug-likeness (QED) is 0.478. The number of hydrogen-bond donors (Lipinski definition) is 2. The number of amides is 1. The number of nitriles is 1. The second-order valence-corrected chi connectivity index (χ2v) is 5.06. The third-order valence-electron chi connectivity index (χ3n) is 2.69. The molecule has 1 rings (SSSR count). The summed E-state index contributed by atoms with van der Waals surface area (Å²) >= 11 is 0. The van der Waals surface area contributed by atoms with E-state index in [1.807, 2.05) is 19.9 Å². The molecule has 110 valence electrons. The van der Waals surface area contributed by atoms with Gasteiger partial charge in [0.1, 0.15) is 11.6 Å². The zero-order valence-corrected chi connectivity index (χ0v) is 12.4. The minimum Gasteiger partial charge on any atom is -0.360 e. The molecule has 0 aliphatic rings. The zero-order chi connectivity index (χ0) is 15.8. The molecule has 0 radical (unpaired) electrons. The van der Waals surface area contributed by atoms with Crippen LogP contribution in [0, 0.1) is 17.2 Å². The van der Waals surface area contributed by atoms with E-state index in [1.165, 1.54) is 13.1 Å². The molecule has 0 fully saturated rings. The van der Waals surface area contributed by atoms with Crippen molar-refractivity contribution < 1.29 is 9.59 Å². The average molecular weight is 285 g/mol. The highest BCUT2D eigenvalue weighted by Gasteiger charge is 2.09. The number of Topliss-reactive ketones (excluding diaryl/α,β-unsaturated/α-hetero) is 1. The van der Waals surface area contributed by atoms with Crippen molar-refractivity contribution in [1.82, 2.24) is 5.32 Å². The molecule has 1 aromatic carbocycles. The number of nitrogens with zero attached hydrogens (tertiary/aromatic N) is 1. The first kappa shape index (κ1) is 16.4. The third-order valence-corrected chi connectivity index (χ3v) is 2.69. The van der Waals surface area contributed by atoms with Gasteiger partial charge in [-0.05, 0) is 25.0 Å². The van der Waals surface area contributed by atoms with Crippen molar-refractivity contribution in [2.75, 3.05) is 11.9 Å². The monoisotopic (exact) mass is 285 g/mol. The van der Waals surface area contributed by atoms with Crippen molar-refractivity contribution in [2.45, 2.75) is 20.8 Å². The van der Waals surface area contributed by atoms with E-state index in [-0.39, 0.29) is 11.4 Å². The van der Waals surface area contributed by atoms with E-state index in [0.29, 0.717) is 23.7 Å². The summed E-state index contributed by atoms with van der Waals surface area (Å²) in [5.74, 6) is -0.145. The van der Waals surface area contributed by atoms with Gasteiger partial charge in [0.25, 0.3) is 5.91 Å². The van der Waals surface area contributed by atoms with Crippen LogP contribution >= 0.6 is 0 Å². The molecule has 0 unspecified atom stereocenters. The summed E-state index contributed by atoms with van der Waals surface area (Å²) in [6, 6.07) is 8.71. The summed E-state index contributed by atoms with van der Waals surface area (Å²) < 4.78 is 0. The van der Waals surface area contributed by atoms with Crippen molar-refractivity contribution in [3.8, 4) is 6.07 Å². The Morgan fingerprint density at radius 2 is 2.10 bits per heavy atom. The number of carbonyl (C=O) groups is 2. The van der Waals surface area contributed by atoms with Gasteiger partial charge in [0.2, 0.25) is 0 Å². The van der Waals surface area contributed by atoms with Gasteiger partial charge in [-0.1, -0.05) is 26.0 Å². The van der Waals surface area contributed by atoms with Gasteiger partial charge in [0.15, 0.2) is 5.78 Å². The molecule has 0 saturated heterocycles. The second kappa shape index (κ2) is 7.85. The minimum atomic E-state index is -0.415. The van der Waals surface area contributed by atoms with E-state index >= 15 is 0 Å². The molecule has 5 heteroatoms. The first-order chi connectivity index (χ1) is 9.93. The molecule has 0 heterocycles. The predicted octanol–water partition coefficient (Wildman–Crippen LogP) is 2.48. The minimum absolute atomic E-state index is 0.0103. The van der Waals surface area contributed by atoms with Gasteiger partial charge in [-0.15, -0.1) is 0 Å². The molecule has 21 heavy (non-hydrogen) atoms. The number of nitrogens with one attached hydrogen (secondary N) is 2. The Hall–Kier alpha value is -2.61. The van der Waals surface area contributed by atoms with E-state index < -0.39 is 5.91 Å². The highest BCUT2D eigenvalue weighted by Crippen LogP contribution is 2.11. The topological polar surface area (TPSA) is 82.0 Å². The number of rotatable bonds is 6. The molecule has 0 spiro atoms. The van der Waals surface area contributed by atoms with Gasteiger partial charge in [0.05, 0.1) is 0 Å². The Bertz CT molecular complexity index is 598. The van der Waals surface area contributed by atoms with Crippen LogP contribution in [-0.4, -0.2) is 18.2 Å². The number of anilines is 1. The van der Waals surface area contributed by atoms with Crippen LogP contribution in [0.25, 0.3) is 0 Å². The van der Waals surface area contributed by atoms with Crippen LogP contribution in [0.2, 0.25) is 0 Å². The fraction of sp³-hybridized carbons (Fsp3) is 0.312. The normalized spacial score (nSPS) is 10.9. The lowest BCUT2D eigenvalue weighted by Gasteiger charge is -2.07. The van der Waals surface area contributed by atoms with Crippen LogP contribution in [0.4, 0.5) is 5.69 Å². The molecule has 0 aliphatic heterocycles. The van der Waals surface area contributed by atoms with Crippen LogP contribution in [0.3, 0.4) is 0 Å². The van der Waals surface area contributed by atoms with E-state index in [0.717, 1.165) is 0 Å². The lowest BCUT2D eigenvalue weighted by molar-refractivity contribution is -0.117. The first-order valence-corrected chi connectivity index (χ1v) is 6.70. The average Bonchev–Trinajstić information content (AvgIpc) is 2.46. The van der Waals surface area contributed by atoms with Gasteiger partial charge in [-0.3, -0.25) is 9.59 Å². The lowest BCUT2D eigenvalue weighted by Crippen LogP contribution is -2.28. The van der Waals surface area contributed by atoms with Gasteiger partial charge >= 0.3 is 0 Å². The summed E-state index contributed by atoms with van der Waals surface area (Å²) in [6.45, 7) is 5.94. The van der Waals surface area contributed by atoms with Crippen LogP contribution in [0.15, 0.2) is 36.0 Å². The smallest absolute Gasteiger partial charge is 0.263 e. The van der Waals surface area contributed by atoms with E-state index in [4.69, 9.17) is 5.26 Å². The summed E-state index contributed by atoms with van der Waals surface area (Å²) in [5.41, 5.74) is 1.20. The Balaban J connectivity index is 2.77. The van der Waals surface area contributed by atoms with Crippen LogP contribution in [0.5, 0.6) is 0 Å². The van der Waals surface area contributed by atoms with Crippen molar-refractivity contribution >= 4 is 17.4 Å². The molecule has 0 aliphatic carbocycles. The molecule has 1 aromatic rings. The fourth-order valence-corrected chi connectivity index (χ4v) is 1.52. The fourth-order valence-electron chi connectivity index (χ4n) is 1.52. The number of hydrogen-bond acceptors (Lipinski definition) is 4. The van der Waals surface area contributed by atoms with Gasteiger partial charge in [0, 0.05) is 24.0 Å². The van der Waals surface area contributed by atoms with Gasteiger partial charge in [-0.2, -0.15) is 5.26 Å². The number of carbonyl (C=O) groups excluding carboxylic acids is 2. The molecule has 2 N–H and O–H groups in total. The zero-order valence-electron chi connectivity index (χ0n) is 12.4. The van der Waals surface area contributed by atoms with Crippen molar-refractivity contribution in [2.24, 2.45) is 5.92 Å². The molecule has 5 nitrogen and oxygen atoms in total. The summed E-state index contributed by atoms with van der Waals surface area (Å²) in [7, 11) is 0. The van der Waals surface area contributed by atoms with Crippen LogP contribution < -0.4 is 10.6 Å². The summed E-state index contributed by atoms with van der Waals surface area (Å²) in [6.07, 6.45) is 1.34. The molecule has 0 bridgehead atoms. The van der Waals surface area contributed by atoms with E-state index in [9.17, 15) is 9.59 Å². The molecular formula is C16H19N3O2. The Labute approximate surface area is 124 Å². The molecule has 1 amide bonds. The van der Waals surface area contributed by atoms with Gasteiger partial charge < -0.3 is 10.6 Å². The molecule has 0 aromatic heterocycles. The SMILES string of the molecule is CC(=O)c1cccc(N/C=C(/C#N)C(=O)NCC(C)C)c1. The van der Waals surface area contributed by atoms with Crippen molar-refractivity contribution in [3.63, 3.8) is 0 Å².